The quantitative estimate of drug-likeness (QED) is 0.489. The molecule has 0 aliphatic carbocycles. The van der Waals surface area contributed by atoms with E-state index in [0.717, 1.165) is 21.5 Å². The van der Waals surface area contributed by atoms with Gasteiger partial charge in [-0.15, -0.1) is 11.3 Å². The van der Waals surface area contributed by atoms with Gasteiger partial charge in [0, 0.05) is 14.2 Å². The first kappa shape index (κ1) is 15.0. The van der Waals surface area contributed by atoms with Crippen LogP contribution in [0.5, 0.6) is 0 Å². The Labute approximate surface area is 141 Å². The largest absolute Gasteiger partial charge is 0.271 e. The van der Waals surface area contributed by atoms with E-state index in [2.05, 4.69) is 51.0 Å². The molecule has 2 nitrogen and oxygen atoms in total. The highest BCUT2D eigenvalue weighted by atomic mass is 79.9. The van der Waals surface area contributed by atoms with Gasteiger partial charge in [-0.3, -0.25) is 11.3 Å². The Morgan fingerprint density at radius 3 is 2.81 bits per heavy atom. The molecule has 3 rings (SSSR count). The zero-order valence-electron chi connectivity index (χ0n) is 11.1. The smallest absolute Gasteiger partial charge is 0.0515 e. The van der Waals surface area contributed by atoms with Gasteiger partial charge in [0.15, 0.2) is 0 Å². The minimum Gasteiger partial charge on any atom is -0.271 e. The van der Waals surface area contributed by atoms with Gasteiger partial charge >= 0.3 is 0 Å². The van der Waals surface area contributed by atoms with Crippen LogP contribution < -0.4 is 11.3 Å². The molecule has 108 valence electrons. The number of hydrogen-bond donors (Lipinski definition) is 2. The lowest BCUT2D eigenvalue weighted by Gasteiger charge is -2.16. The van der Waals surface area contributed by atoms with Gasteiger partial charge < -0.3 is 0 Å². The maximum absolute atomic E-state index is 6.31. The topological polar surface area (TPSA) is 38.0 Å². The lowest BCUT2D eigenvalue weighted by atomic mass is 9.99. The van der Waals surface area contributed by atoms with Crippen molar-refractivity contribution in [2.75, 3.05) is 0 Å². The summed E-state index contributed by atoms with van der Waals surface area (Å²) in [6.07, 6.45) is 0.753. The van der Waals surface area contributed by atoms with Crippen LogP contribution in [0.25, 0.3) is 10.1 Å². The summed E-state index contributed by atoms with van der Waals surface area (Å²) in [5, 5.41) is 4.17. The molecular weight excluding hydrogens is 368 g/mol. The fourth-order valence-corrected chi connectivity index (χ4v) is 4.20. The Morgan fingerprint density at radius 1 is 1.24 bits per heavy atom. The normalized spacial score (nSPS) is 12.7. The second-order valence-electron chi connectivity index (χ2n) is 4.85. The molecule has 0 fully saturated rings. The van der Waals surface area contributed by atoms with E-state index in [9.17, 15) is 0 Å². The van der Waals surface area contributed by atoms with E-state index in [-0.39, 0.29) is 6.04 Å². The molecule has 1 atom stereocenters. The van der Waals surface area contributed by atoms with Crippen LogP contribution in [-0.2, 0) is 6.42 Å². The van der Waals surface area contributed by atoms with Gasteiger partial charge in [0.1, 0.15) is 0 Å². The zero-order valence-corrected chi connectivity index (χ0v) is 14.3. The number of benzene rings is 2. The number of thiophene rings is 1. The number of nitrogens with two attached hydrogens (primary N) is 1. The molecule has 1 unspecified atom stereocenters. The molecule has 0 bridgehead atoms. The van der Waals surface area contributed by atoms with E-state index < -0.39 is 0 Å². The summed E-state index contributed by atoms with van der Waals surface area (Å²) in [4.78, 5) is 0. The van der Waals surface area contributed by atoms with Crippen LogP contribution in [0.3, 0.4) is 0 Å². The Bertz CT molecular complexity index is 772. The SMILES string of the molecule is NNC(Cc1ccc(Br)cc1Cl)c1csc2ccccc12. The third-order valence-corrected chi connectivity index (χ3v) is 5.35. The summed E-state index contributed by atoms with van der Waals surface area (Å²) in [6, 6.07) is 14.4. The third-order valence-electron chi connectivity index (χ3n) is 3.53. The molecule has 0 aliphatic rings. The van der Waals surface area contributed by atoms with Crippen molar-refractivity contribution in [1.82, 2.24) is 5.43 Å². The van der Waals surface area contributed by atoms with Gasteiger partial charge in [0.05, 0.1) is 6.04 Å². The average Bonchev–Trinajstić information content (AvgIpc) is 2.91. The van der Waals surface area contributed by atoms with E-state index in [0.29, 0.717) is 0 Å². The van der Waals surface area contributed by atoms with Crippen molar-refractivity contribution in [3.05, 3.63) is 68.5 Å². The van der Waals surface area contributed by atoms with Crippen LogP contribution in [0.2, 0.25) is 5.02 Å². The summed E-state index contributed by atoms with van der Waals surface area (Å²) in [5.41, 5.74) is 5.22. The van der Waals surface area contributed by atoms with E-state index in [1.165, 1.54) is 15.6 Å². The maximum Gasteiger partial charge on any atom is 0.0515 e. The molecule has 0 radical (unpaired) electrons. The van der Waals surface area contributed by atoms with Gasteiger partial charge in [-0.2, -0.15) is 0 Å². The number of rotatable bonds is 4. The molecule has 1 aromatic heterocycles. The number of hydrogen-bond acceptors (Lipinski definition) is 3. The Kier molecular flexibility index (Phi) is 4.62. The minimum absolute atomic E-state index is 0.0415. The first-order chi connectivity index (χ1) is 10.2. The van der Waals surface area contributed by atoms with Gasteiger partial charge in [-0.05, 0) is 46.5 Å². The minimum atomic E-state index is 0.0415. The van der Waals surface area contributed by atoms with Crippen molar-refractivity contribution >= 4 is 49.0 Å². The van der Waals surface area contributed by atoms with Crippen LogP contribution >= 0.6 is 38.9 Å². The Morgan fingerprint density at radius 2 is 2.05 bits per heavy atom. The molecule has 5 heteroatoms. The summed E-state index contributed by atoms with van der Waals surface area (Å²) in [5.74, 6) is 5.79. The van der Waals surface area contributed by atoms with Crippen molar-refractivity contribution in [2.24, 2.45) is 5.84 Å². The Hall–Kier alpha value is -0.910. The fraction of sp³-hybridized carbons (Fsp3) is 0.125. The molecule has 0 saturated heterocycles. The number of nitrogens with one attached hydrogen (secondary N) is 1. The lowest BCUT2D eigenvalue weighted by molar-refractivity contribution is 0.557. The van der Waals surface area contributed by atoms with Gasteiger partial charge in [0.25, 0.3) is 0 Å². The van der Waals surface area contributed by atoms with Crippen molar-refractivity contribution in [1.29, 1.82) is 0 Å². The summed E-state index contributed by atoms with van der Waals surface area (Å²) < 4.78 is 2.25. The van der Waals surface area contributed by atoms with Gasteiger partial charge in [-0.1, -0.05) is 51.8 Å². The van der Waals surface area contributed by atoms with Crippen molar-refractivity contribution in [2.45, 2.75) is 12.5 Å². The predicted octanol–water partition coefficient (Wildman–Crippen LogP) is 5.06. The average molecular weight is 382 g/mol. The highest BCUT2D eigenvalue weighted by Crippen LogP contribution is 2.33. The Balaban J connectivity index is 1.95. The van der Waals surface area contributed by atoms with Crippen molar-refractivity contribution in [3.8, 4) is 0 Å². The van der Waals surface area contributed by atoms with Crippen molar-refractivity contribution < 1.29 is 0 Å². The van der Waals surface area contributed by atoms with Gasteiger partial charge in [-0.25, -0.2) is 0 Å². The fourth-order valence-electron chi connectivity index (χ4n) is 2.43. The second-order valence-corrected chi connectivity index (χ2v) is 7.08. The second kappa shape index (κ2) is 6.46. The van der Waals surface area contributed by atoms with Crippen LogP contribution in [0.4, 0.5) is 0 Å². The highest BCUT2D eigenvalue weighted by molar-refractivity contribution is 9.10. The molecule has 1 heterocycles. The van der Waals surface area contributed by atoms with E-state index in [1.807, 2.05) is 18.2 Å². The zero-order chi connectivity index (χ0) is 14.8. The van der Waals surface area contributed by atoms with Crippen LogP contribution in [0.15, 0.2) is 52.3 Å². The molecule has 0 saturated carbocycles. The molecule has 3 aromatic rings. The molecular formula is C16H14BrClN2S. The number of hydrazine groups is 1. The molecule has 0 spiro atoms. The van der Waals surface area contributed by atoms with E-state index in [4.69, 9.17) is 17.4 Å². The first-order valence-corrected chi connectivity index (χ1v) is 8.60. The number of halogens is 2. The van der Waals surface area contributed by atoms with E-state index in [1.54, 1.807) is 11.3 Å². The van der Waals surface area contributed by atoms with Crippen LogP contribution in [0, 0.1) is 0 Å². The van der Waals surface area contributed by atoms with Crippen LogP contribution in [-0.4, -0.2) is 0 Å². The maximum atomic E-state index is 6.31. The lowest BCUT2D eigenvalue weighted by Crippen LogP contribution is -2.29. The van der Waals surface area contributed by atoms with Crippen molar-refractivity contribution in [3.63, 3.8) is 0 Å². The molecule has 0 amide bonds. The molecule has 0 aliphatic heterocycles. The first-order valence-electron chi connectivity index (χ1n) is 6.55. The molecule has 2 aromatic carbocycles. The summed E-state index contributed by atoms with van der Waals surface area (Å²) in [7, 11) is 0. The monoisotopic (exact) mass is 380 g/mol. The highest BCUT2D eigenvalue weighted by Gasteiger charge is 2.16. The summed E-state index contributed by atoms with van der Waals surface area (Å²) in [6.45, 7) is 0. The van der Waals surface area contributed by atoms with Gasteiger partial charge in [0.2, 0.25) is 0 Å². The number of fused-ring (bicyclic) bond motifs is 1. The van der Waals surface area contributed by atoms with E-state index >= 15 is 0 Å². The predicted molar refractivity (Wildman–Crippen MR) is 94.7 cm³/mol. The summed E-state index contributed by atoms with van der Waals surface area (Å²) >= 11 is 11.5. The molecule has 21 heavy (non-hydrogen) atoms. The standard InChI is InChI=1S/C16H14BrClN2S/c17-11-6-5-10(14(18)8-11)7-15(20-19)13-9-21-16-4-2-1-3-12(13)16/h1-6,8-9,15,20H,7,19H2. The van der Waals surface area contributed by atoms with Crippen LogP contribution in [0.1, 0.15) is 17.2 Å². The third kappa shape index (κ3) is 3.15. The molecule has 3 N–H and O–H groups in total.